The summed E-state index contributed by atoms with van der Waals surface area (Å²) in [4.78, 5) is 26.3. The molecular weight excluding hydrogens is 378 g/mol. The highest BCUT2D eigenvalue weighted by Gasteiger charge is 2.35. The molecule has 158 valence electrons. The normalized spacial score (nSPS) is 23.9. The van der Waals surface area contributed by atoms with Crippen molar-refractivity contribution in [2.45, 2.75) is 32.1 Å². The van der Waals surface area contributed by atoms with Crippen LogP contribution in [0.15, 0.2) is 41.1 Å². The van der Waals surface area contributed by atoms with Crippen molar-refractivity contribution in [3.8, 4) is 0 Å². The Morgan fingerprint density at radius 2 is 2.03 bits per heavy atom. The molecule has 3 atom stereocenters. The topological polar surface area (TPSA) is 95.6 Å². The fourth-order valence-electron chi connectivity index (χ4n) is 4.66. The van der Waals surface area contributed by atoms with Gasteiger partial charge in [-0.1, -0.05) is 18.4 Å². The van der Waals surface area contributed by atoms with Crippen LogP contribution in [-0.4, -0.2) is 65.2 Å². The minimum Gasteiger partial charge on any atom is -0.396 e. The zero-order valence-electron chi connectivity index (χ0n) is 17.6. The highest BCUT2D eigenvalue weighted by Crippen LogP contribution is 2.43. The van der Waals surface area contributed by atoms with Crippen LogP contribution in [0, 0.1) is 5.92 Å². The highest BCUT2D eigenvalue weighted by molar-refractivity contribution is 5.83. The van der Waals surface area contributed by atoms with Gasteiger partial charge in [-0.3, -0.25) is 4.79 Å². The van der Waals surface area contributed by atoms with Gasteiger partial charge in [0.15, 0.2) is 0 Å². The van der Waals surface area contributed by atoms with Crippen molar-refractivity contribution in [1.82, 2.24) is 14.9 Å². The maximum absolute atomic E-state index is 13.1. The van der Waals surface area contributed by atoms with Crippen molar-refractivity contribution in [1.29, 1.82) is 0 Å². The van der Waals surface area contributed by atoms with E-state index < -0.39 is 0 Å². The Labute approximate surface area is 177 Å². The maximum Gasteiger partial charge on any atom is 0.232 e. The number of aliphatic hydroxyl groups excluding tert-OH is 1. The van der Waals surface area contributed by atoms with Gasteiger partial charge in [-0.25, -0.2) is 9.97 Å². The van der Waals surface area contributed by atoms with Crippen molar-refractivity contribution < 1.29 is 9.90 Å². The molecule has 1 fully saturated rings. The average molecular weight is 408 g/mol. The van der Waals surface area contributed by atoms with Gasteiger partial charge in [0.25, 0.3) is 0 Å². The van der Waals surface area contributed by atoms with E-state index in [1.54, 1.807) is 6.33 Å². The lowest BCUT2D eigenvalue weighted by atomic mass is 9.95. The number of rotatable bonds is 5. The molecule has 0 radical (unpaired) electrons. The quantitative estimate of drug-likeness (QED) is 0.718. The number of fused-ring (bicyclic) bond motifs is 1. The van der Waals surface area contributed by atoms with Gasteiger partial charge < -0.3 is 20.6 Å². The SMILES string of the molecule is CC1=C=C=C([C@@H](CN)C(=O)N2CCN(c3ncnc4c3[C@H](C)CC4CO)CC2)C=C1. The Morgan fingerprint density at radius 1 is 1.27 bits per heavy atom. The molecular formula is C23H29N5O2. The molecule has 1 aliphatic heterocycles. The molecule has 1 aromatic heterocycles. The maximum atomic E-state index is 13.1. The summed E-state index contributed by atoms with van der Waals surface area (Å²) < 4.78 is 0. The summed E-state index contributed by atoms with van der Waals surface area (Å²) in [6, 6.07) is 0. The molecule has 1 unspecified atom stereocenters. The number of nitrogens with two attached hydrogens (primary N) is 1. The molecule has 2 aliphatic carbocycles. The van der Waals surface area contributed by atoms with E-state index in [1.165, 1.54) is 0 Å². The lowest BCUT2D eigenvalue weighted by molar-refractivity contribution is -0.134. The van der Waals surface area contributed by atoms with E-state index in [-0.39, 0.29) is 30.9 Å². The van der Waals surface area contributed by atoms with E-state index in [9.17, 15) is 9.90 Å². The van der Waals surface area contributed by atoms with Crippen LogP contribution in [0.5, 0.6) is 0 Å². The van der Waals surface area contributed by atoms with Crippen molar-refractivity contribution in [2.75, 3.05) is 44.2 Å². The smallest absolute Gasteiger partial charge is 0.232 e. The molecule has 1 saturated heterocycles. The van der Waals surface area contributed by atoms with Gasteiger partial charge in [0, 0.05) is 49.8 Å². The number of aliphatic hydroxyl groups is 1. The molecule has 7 heteroatoms. The van der Waals surface area contributed by atoms with Crippen LogP contribution in [-0.2, 0) is 4.79 Å². The third-order valence-electron chi connectivity index (χ3n) is 6.35. The molecule has 1 aromatic rings. The van der Waals surface area contributed by atoms with Crippen molar-refractivity contribution in [3.63, 3.8) is 0 Å². The Kier molecular flexibility index (Phi) is 5.89. The second kappa shape index (κ2) is 8.58. The molecule has 7 nitrogen and oxygen atoms in total. The Morgan fingerprint density at radius 3 is 2.67 bits per heavy atom. The number of allylic oxidation sites excluding steroid dienone is 3. The third-order valence-corrected chi connectivity index (χ3v) is 6.35. The van der Waals surface area contributed by atoms with Gasteiger partial charge in [0.1, 0.15) is 12.1 Å². The van der Waals surface area contributed by atoms with E-state index >= 15 is 0 Å². The van der Waals surface area contributed by atoms with Crippen LogP contribution in [0.4, 0.5) is 5.82 Å². The number of amides is 1. The number of carbonyl (C=O) groups is 1. The van der Waals surface area contributed by atoms with Gasteiger partial charge in [0.2, 0.25) is 5.91 Å². The van der Waals surface area contributed by atoms with Crippen LogP contribution in [0.25, 0.3) is 0 Å². The molecule has 0 spiro atoms. The first-order valence-corrected chi connectivity index (χ1v) is 10.6. The summed E-state index contributed by atoms with van der Waals surface area (Å²) in [5.41, 5.74) is 16.0. The van der Waals surface area contributed by atoms with E-state index in [0.717, 1.165) is 34.6 Å². The van der Waals surface area contributed by atoms with Gasteiger partial charge in [-0.2, -0.15) is 0 Å². The molecule has 3 N–H and O–H groups in total. The van der Waals surface area contributed by atoms with Crippen LogP contribution in [0.1, 0.15) is 43.4 Å². The van der Waals surface area contributed by atoms with Crippen LogP contribution >= 0.6 is 0 Å². The average Bonchev–Trinajstić information content (AvgIpc) is 3.11. The van der Waals surface area contributed by atoms with Crippen LogP contribution < -0.4 is 10.6 Å². The molecule has 0 bridgehead atoms. The fraction of sp³-hybridized carbons (Fsp3) is 0.522. The molecule has 2 heterocycles. The molecule has 3 aliphatic rings. The minimum absolute atomic E-state index is 0.0484. The largest absolute Gasteiger partial charge is 0.396 e. The first kappa shape index (κ1) is 20.6. The zero-order valence-corrected chi connectivity index (χ0v) is 17.6. The highest BCUT2D eigenvalue weighted by atomic mass is 16.3. The van der Waals surface area contributed by atoms with Crippen molar-refractivity contribution in [3.05, 3.63) is 52.3 Å². The van der Waals surface area contributed by atoms with Crippen LogP contribution in [0.2, 0.25) is 0 Å². The third kappa shape index (κ3) is 3.73. The molecule has 30 heavy (non-hydrogen) atoms. The van der Waals surface area contributed by atoms with Crippen molar-refractivity contribution in [2.24, 2.45) is 11.7 Å². The summed E-state index contributed by atoms with van der Waals surface area (Å²) in [6.45, 7) is 7.17. The van der Waals surface area contributed by atoms with Gasteiger partial charge in [-0.05, 0) is 37.0 Å². The number of piperazine rings is 1. The van der Waals surface area contributed by atoms with Crippen LogP contribution in [0.3, 0.4) is 0 Å². The van der Waals surface area contributed by atoms with Gasteiger partial charge in [-0.15, -0.1) is 0 Å². The predicted octanol–water partition coefficient (Wildman–Crippen LogP) is 1.48. The minimum atomic E-state index is -0.387. The summed E-state index contributed by atoms with van der Waals surface area (Å²) >= 11 is 0. The fourth-order valence-corrected chi connectivity index (χ4v) is 4.66. The Balaban J connectivity index is 1.48. The molecule has 4 rings (SSSR count). The lowest BCUT2D eigenvalue weighted by Gasteiger charge is -2.37. The number of aromatic nitrogens is 2. The second-order valence-corrected chi connectivity index (χ2v) is 8.33. The number of hydrogen-bond donors (Lipinski definition) is 2. The first-order valence-electron chi connectivity index (χ1n) is 10.6. The lowest BCUT2D eigenvalue weighted by Crippen LogP contribution is -2.51. The summed E-state index contributed by atoms with van der Waals surface area (Å²) in [7, 11) is 0. The van der Waals surface area contributed by atoms with E-state index in [0.29, 0.717) is 32.1 Å². The summed E-state index contributed by atoms with van der Waals surface area (Å²) in [6.07, 6.45) is 6.36. The Hall–Kier alpha value is -2.69. The monoisotopic (exact) mass is 407 g/mol. The standard InChI is InChI=1S/C23H29N5O2/c1-15-3-5-17(6-4-15)19(12-24)23(30)28-9-7-27(8-10-28)22-20-16(2)11-18(13-29)21(20)25-14-26-22/h3,5,14,16,18-19,29H,7-13,24H2,1-2H3/t16-,18?,19-/m1/s1. The number of carbonyl (C=O) groups excluding carboxylic acids is 1. The Bertz CT molecular complexity index is 964. The number of hydrogen-bond acceptors (Lipinski definition) is 6. The summed E-state index contributed by atoms with van der Waals surface area (Å²) in [5, 5.41) is 9.68. The van der Waals surface area contributed by atoms with Crippen molar-refractivity contribution >= 4 is 11.7 Å². The van der Waals surface area contributed by atoms with Gasteiger partial charge >= 0.3 is 0 Å². The van der Waals surface area contributed by atoms with E-state index in [2.05, 4.69) is 33.3 Å². The predicted molar refractivity (Wildman–Crippen MR) is 115 cm³/mol. The molecule has 0 saturated carbocycles. The first-order chi connectivity index (χ1) is 14.5. The number of anilines is 1. The van der Waals surface area contributed by atoms with E-state index in [1.807, 2.05) is 24.0 Å². The molecule has 0 aromatic carbocycles. The van der Waals surface area contributed by atoms with E-state index in [4.69, 9.17) is 5.73 Å². The second-order valence-electron chi connectivity index (χ2n) is 8.33. The molecule has 1 amide bonds. The van der Waals surface area contributed by atoms with Gasteiger partial charge in [0.05, 0.1) is 18.2 Å². The zero-order chi connectivity index (χ0) is 21.3. The summed E-state index contributed by atoms with van der Waals surface area (Å²) in [5.74, 6) is 1.03. The number of nitrogens with zero attached hydrogens (tertiary/aromatic N) is 4.